The molecule has 0 saturated carbocycles. The Labute approximate surface area is 125 Å². The highest BCUT2D eigenvalue weighted by Gasteiger charge is 2.08. The van der Waals surface area contributed by atoms with E-state index in [1.54, 1.807) is 48.5 Å². The van der Waals surface area contributed by atoms with Crippen molar-refractivity contribution in [1.82, 2.24) is 10.2 Å². The molecule has 5 nitrogen and oxygen atoms in total. The second kappa shape index (κ2) is 5.76. The number of halogens is 1. The first-order chi connectivity index (χ1) is 10.2. The van der Waals surface area contributed by atoms with Gasteiger partial charge in [0.15, 0.2) is 0 Å². The fourth-order valence-electron chi connectivity index (χ4n) is 1.80. The second-order valence-electron chi connectivity index (χ2n) is 4.28. The summed E-state index contributed by atoms with van der Waals surface area (Å²) in [6.45, 7) is 0. The van der Waals surface area contributed by atoms with Crippen LogP contribution in [0.25, 0.3) is 11.5 Å². The number of amides is 1. The van der Waals surface area contributed by atoms with Gasteiger partial charge in [-0.15, -0.1) is 10.2 Å². The summed E-state index contributed by atoms with van der Waals surface area (Å²) in [6.07, 6.45) is 1.26. The van der Waals surface area contributed by atoms with E-state index in [4.69, 9.17) is 16.0 Å². The van der Waals surface area contributed by atoms with E-state index in [0.29, 0.717) is 22.2 Å². The van der Waals surface area contributed by atoms with Gasteiger partial charge in [-0.3, -0.25) is 4.79 Å². The molecular weight excluding hydrogens is 290 g/mol. The molecule has 1 aromatic heterocycles. The highest BCUT2D eigenvalue weighted by molar-refractivity contribution is 6.30. The highest BCUT2D eigenvalue weighted by Crippen LogP contribution is 2.18. The first-order valence-electron chi connectivity index (χ1n) is 6.16. The lowest BCUT2D eigenvalue weighted by atomic mass is 10.1. The summed E-state index contributed by atoms with van der Waals surface area (Å²) in [5.74, 6) is 0.217. The molecular formula is C15H10ClN3O2. The van der Waals surface area contributed by atoms with Crippen LogP contribution in [0.2, 0.25) is 5.02 Å². The van der Waals surface area contributed by atoms with Crippen LogP contribution in [0.1, 0.15) is 10.4 Å². The van der Waals surface area contributed by atoms with Crippen LogP contribution in [0, 0.1) is 0 Å². The van der Waals surface area contributed by atoms with Gasteiger partial charge >= 0.3 is 0 Å². The lowest BCUT2D eigenvalue weighted by molar-refractivity contribution is 0.102. The number of rotatable bonds is 3. The number of nitrogens with one attached hydrogen (secondary N) is 1. The van der Waals surface area contributed by atoms with Crippen molar-refractivity contribution < 1.29 is 9.21 Å². The highest BCUT2D eigenvalue weighted by atomic mass is 35.5. The van der Waals surface area contributed by atoms with Crippen LogP contribution in [-0.2, 0) is 0 Å². The number of aromatic nitrogens is 2. The summed E-state index contributed by atoms with van der Waals surface area (Å²) in [6, 6.07) is 13.8. The number of anilines is 1. The van der Waals surface area contributed by atoms with Crippen LogP contribution in [0.5, 0.6) is 0 Å². The van der Waals surface area contributed by atoms with Gasteiger partial charge in [-0.2, -0.15) is 0 Å². The molecule has 0 bridgehead atoms. The van der Waals surface area contributed by atoms with Gasteiger partial charge in [-0.05, 0) is 48.5 Å². The zero-order valence-electron chi connectivity index (χ0n) is 10.8. The Balaban J connectivity index is 1.74. The van der Waals surface area contributed by atoms with Crippen molar-refractivity contribution in [1.29, 1.82) is 0 Å². The molecule has 6 heteroatoms. The van der Waals surface area contributed by atoms with E-state index < -0.39 is 0 Å². The molecule has 0 spiro atoms. The fraction of sp³-hybridized carbons (Fsp3) is 0. The third kappa shape index (κ3) is 3.09. The van der Waals surface area contributed by atoms with Gasteiger partial charge in [0.2, 0.25) is 12.3 Å². The molecule has 1 N–H and O–H groups in total. The molecule has 0 unspecified atom stereocenters. The average Bonchev–Trinajstić information content (AvgIpc) is 3.04. The second-order valence-corrected chi connectivity index (χ2v) is 4.72. The zero-order chi connectivity index (χ0) is 14.7. The van der Waals surface area contributed by atoms with Crippen molar-refractivity contribution in [2.75, 3.05) is 5.32 Å². The van der Waals surface area contributed by atoms with E-state index in [2.05, 4.69) is 15.5 Å². The summed E-state index contributed by atoms with van der Waals surface area (Å²) >= 11 is 5.80. The van der Waals surface area contributed by atoms with E-state index in [9.17, 15) is 4.79 Å². The Bertz CT molecular complexity index is 738. The molecule has 1 amide bonds. The molecule has 21 heavy (non-hydrogen) atoms. The number of hydrogen-bond donors (Lipinski definition) is 1. The van der Waals surface area contributed by atoms with Crippen LogP contribution in [0.15, 0.2) is 59.3 Å². The molecule has 0 aliphatic rings. The Morgan fingerprint density at radius 3 is 2.38 bits per heavy atom. The van der Waals surface area contributed by atoms with E-state index in [0.717, 1.165) is 5.56 Å². The summed E-state index contributed by atoms with van der Waals surface area (Å²) in [5, 5.41) is 10.8. The third-order valence-corrected chi connectivity index (χ3v) is 3.11. The van der Waals surface area contributed by atoms with Gasteiger partial charge in [-0.1, -0.05) is 11.6 Å². The van der Waals surface area contributed by atoms with Crippen molar-refractivity contribution in [2.45, 2.75) is 0 Å². The monoisotopic (exact) mass is 299 g/mol. The van der Waals surface area contributed by atoms with E-state index in [1.807, 2.05) is 0 Å². The molecule has 0 saturated heterocycles. The number of benzene rings is 2. The van der Waals surface area contributed by atoms with Crippen LogP contribution >= 0.6 is 11.6 Å². The van der Waals surface area contributed by atoms with E-state index in [-0.39, 0.29) is 5.91 Å². The van der Waals surface area contributed by atoms with Gasteiger partial charge in [0.25, 0.3) is 5.91 Å². The van der Waals surface area contributed by atoms with E-state index in [1.165, 1.54) is 6.39 Å². The Hall–Kier alpha value is -2.66. The molecule has 0 fully saturated rings. The van der Waals surface area contributed by atoms with Gasteiger partial charge in [0.05, 0.1) is 0 Å². The smallest absolute Gasteiger partial charge is 0.255 e. The standard InChI is InChI=1S/C15H10ClN3O2/c16-12-5-7-13(8-6-12)18-14(20)10-1-3-11(4-2-10)15-19-17-9-21-15/h1-9H,(H,18,20). The molecule has 1 heterocycles. The lowest BCUT2D eigenvalue weighted by Gasteiger charge is -2.05. The number of hydrogen-bond acceptors (Lipinski definition) is 4. The number of carbonyl (C=O) groups excluding carboxylic acids is 1. The molecule has 0 atom stereocenters. The van der Waals surface area contributed by atoms with Crippen LogP contribution in [0.4, 0.5) is 5.69 Å². The maximum atomic E-state index is 12.1. The summed E-state index contributed by atoms with van der Waals surface area (Å²) in [5.41, 5.74) is 1.98. The van der Waals surface area contributed by atoms with Crippen molar-refractivity contribution in [2.24, 2.45) is 0 Å². The molecule has 3 rings (SSSR count). The largest absolute Gasteiger partial charge is 0.423 e. The molecule has 2 aromatic carbocycles. The maximum Gasteiger partial charge on any atom is 0.255 e. The molecule has 3 aromatic rings. The SMILES string of the molecule is O=C(Nc1ccc(Cl)cc1)c1ccc(-c2nnco2)cc1. The minimum atomic E-state index is -0.200. The van der Waals surface area contributed by atoms with Gasteiger partial charge in [0, 0.05) is 21.8 Å². The maximum absolute atomic E-state index is 12.1. The molecule has 0 aliphatic carbocycles. The minimum absolute atomic E-state index is 0.200. The van der Waals surface area contributed by atoms with E-state index >= 15 is 0 Å². The van der Waals surface area contributed by atoms with Crippen LogP contribution in [0.3, 0.4) is 0 Å². The average molecular weight is 300 g/mol. The van der Waals surface area contributed by atoms with Crippen molar-refractivity contribution in [3.05, 3.63) is 65.5 Å². The Morgan fingerprint density at radius 2 is 1.76 bits per heavy atom. The third-order valence-electron chi connectivity index (χ3n) is 2.86. The van der Waals surface area contributed by atoms with Crippen molar-refractivity contribution in [3.63, 3.8) is 0 Å². The van der Waals surface area contributed by atoms with Gasteiger partial charge in [-0.25, -0.2) is 0 Å². The topological polar surface area (TPSA) is 68.0 Å². The summed E-state index contributed by atoms with van der Waals surface area (Å²) < 4.78 is 5.09. The Morgan fingerprint density at radius 1 is 1.05 bits per heavy atom. The fourth-order valence-corrected chi connectivity index (χ4v) is 1.93. The van der Waals surface area contributed by atoms with Crippen molar-refractivity contribution >= 4 is 23.2 Å². The van der Waals surface area contributed by atoms with Gasteiger partial charge < -0.3 is 9.73 Å². The first kappa shape index (κ1) is 13.3. The number of carbonyl (C=O) groups is 1. The van der Waals surface area contributed by atoms with Gasteiger partial charge in [0.1, 0.15) is 0 Å². The molecule has 0 radical (unpaired) electrons. The lowest BCUT2D eigenvalue weighted by Crippen LogP contribution is -2.11. The predicted molar refractivity (Wildman–Crippen MR) is 79.1 cm³/mol. The van der Waals surface area contributed by atoms with Crippen LogP contribution in [-0.4, -0.2) is 16.1 Å². The predicted octanol–water partition coefficient (Wildman–Crippen LogP) is 3.64. The first-order valence-corrected chi connectivity index (χ1v) is 6.54. The molecule has 0 aliphatic heterocycles. The molecule has 104 valence electrons. The van der Waals surface area contributed by atoms with Crippen molar-refractivity contribution in [3.8, 4) is 11.5 Å². The quantitative estimate of drug-likeness (QED) is 0.801. The normalized spacial score (nSPS) is 10.3. The zero-order valence-corrected chi connectivity index (χ0v) is 11.5. The number of nitrogens with zero attached hydrogens (tertiary/aromatic N) is 2. The van der Waals surface area contributed by atoms with Crippen LogP contribution < -0.4 is 5.32 Å². The summed E-state index contributed by atoms with van der Waals surface area (Å²) in [7, 11) is 0. The summed E-state index contributed by atoms with van der Waals surface area (Å²) in [4.78, 5) is 12.1. The minimum Gasteiger partial charge on any atom is -0.423 e. The Kier molecular flexibility index (Phi) is 3.66.